The number of anilines is 1. The summed E-state index contributed by atoms with van der Waals surface area (Å²) in [5.74, 6) is -3.01. The van der Waals surface area contributed by atoms with E-state index < -0.39 is 17.5 Å². The molecule has 0 spiro atoms. The maximum absolute atomic E-state index is 13.3. The van der Waals surface area contributed by atoms with Crippen LogP contribution in [0.5, 0.6) is 0 Å². The molecule has 0 radical (unpaired) electrons. The molecule has 126 valence electrons. The Morgan fingerprint density at radius 1 is 1.17 bits per heavy atom. The summed E-state index contributed by atoms with van der Waals surface area (Å²) in [7, 11) is 1.66. The number of hydrogen-bond acceptors (Lipinski definition) is 2. The molecule has 2 aromatic carbocycles. The lowest BCUT2D eigenvalue weighted by atomic mass is 10.1. The highest BCUT2D eigenvalue weighted by molar-refractivity contribution is 6.34. The number of carbonyl (C=O) groups excluding carboxylic acids is 2. The third-order valence-electron chi connectivity index (χ3n) is 3.40. The Hall–Kier alpha value is -2.47. The molecule has 2 rings (SSSR count). The zero-order chi connectivity index (χ0) is 17.9. The average molecular weight is 353 g/mol. The van der Waals surface area contributed by atoms with Crippen molar-refractivity contribution in [2.75, 3.05) is 12.4 Å². The normalized spacial score (nSPS) is 10.4. The second-order valence-corrected chi connectivity index (χ2v) is 5.68. The van der Waals surface area contributed by atoms with E-state index in [1.807, 2.05) is 0 Å². The first-order valence-corrected chi connectivity index (χ1v) is 7.42. The monoisotopic (exact) mass is 352 g/mol. The summed E-state index contributed by atoms with van der Waals surface area (Å²) in [5, 5.41) is 2.39. The summed E-state index contributed by atoms with van der Waals surface area (Å²) in [4.78, 5) is 25.0. The van der Waals surface area contributed by atoms with Crippen LogP contribution >= 0.6 is 11.6 Å². The molecule has 0 fully saturated rings. The molecule has 0 aliphatic rings. The number of benzene rings is 2. The second kappa shape index (κ2) is 7.40. The molecule has 0 atom stereocenters. The van der Waals surface area contributed by atoms with Crippen LogP contribution in [0.25, 0.3) is 0 Å². The summed E-state index contributed by atoms with van der Waals surface area (Å²) in [6.45, 7) is 1.84. The summed E-state index contributed by atoms with van der Waals surface area (Å²) in [6, 6.07) is 8.35. The van der Waals surface area contributed by atoms with E-state index in [0.717, 1.165) is 17.7 Å². The van der Waals surface area contributed by atoms with E-state index in [0.29, 0.717) is 12.2 Å². The first-order valence-electron chi connectivity index (χ1n) is 7.04. The summed E-state index contributed by atoms with van der Waals surface area (Å²) >= 11 is 5.79. The van der Waals surface area contributed by atoms with Gasteiger partial charge in [0.05, 0.1) is 10.6 Å². The molecule has 2 aromatic rings. The van der Waals surface area contributed by atoms with Crippen molar-refractivity contribution in [1.29, 1.82) is 0 Å². The highest BCUT2D eigenvalue weighted by Gasteiger charge is 2.15. The van der Waals surface area contributed by atoms with E-state index in [-0.39, 0.29) is 16.5 Å². The van der Waals surface area contributed by atoms with E-state index in [1.54, 1.807) is 31.3 Å². The maximum Gasteiger partial charge on any atom is 0.257 e. The standard InChI is InChI=1S/C17H15ClF2N2O2/c1-10(23)22(2)9-11-4-3-5-12(6-11)21-17(24)13-7-15(19)16(20)8-14(13)18/h3-8H,9H2,1-2H3,(H,21,24). The van der Waals surface area contributed by atoms with Crippen molar-refractivity contribution < 1.29 is 18.4 Å². The minimum Gasteiger partial charge on any atom is -0.342 e. The summed E-state index contributed by atoms with van der Waals surface area (Å²) < 4.78 is 26.4. The Kier molecular flexibility index (Phi) is 5.51. The van der Waals surface area contributed by atoms with Gasteiger partial charge in [-0.2, -0.15) is 0 Å². The van der Waals surface area contributed by atoms with E-state index >= 15 is 0 Å². The maximum atomic E-state index is 13.3. The van der Waals surface area contributed by atoms with E-state index in [2.05, 4.69) is 5.32 Å². The molecule has 7 heteroatoms. The number of amides is 2. The topological polar surface area (TPSA) is 49.4 Å². The molecule has 0 aliphatic heterocycles. The Labute approximate surface area is 143 Å². The third kappa shape index (κ3) is 4.29. The van der Waals surface area contributed by atoms with Crippen molar-refractivity contribution in [2.24, 2.45) is 0 Å². The molecule has 0 unspecified atom stereocenters. The van der Waals surface area contributed by atoms with Gasteiger partial charge in [-0.05, 0) is 29.8 Å². The molecule has 0 aliphatic carbocycles. The molecule has 24 heavy (non-hydrogen) atoms. The van der Waals surface area contributed by atoms with Crippen molar-refractivity contribution in [3.63, 3.8) is 0 Å². The Bertz CT molecular complexity index is 796. The lowest BCUT2D eigenvalue weighted by molar-refractivity contribution is -0.128. The lowest BCUT2D eigenvalue weighted by Gasteiger charge is -2.15. The van der Waals surface area contributed by atoms with Crippen molar-refractivity contribution in [2.45, 2.75) is 13.5 Å². The fourth-order valence-electron chi connectivity index (χ4n) is 2.03. The molecule has 0 saturated heterocycles. The third-order valence-corrected chi connectivity index (χ3v) is 3.71. The molecule has 4 nitrogen and oxygen atoms in total. The molecule has 0 heterocycles. The van der Waals surface area contributed by atoms with Gasteiger partial charge in [-0.1, -0.05) is 23.7 Å². The van der Waals surface area contributed by atoms with Crippen molar-refractivity contribution >= 4 is 29.1 Å². The van der Waals surface area contributed by atoms with Gasteiger partial charge in [0.15, 0.2) is 11.6 Å². The van der Waals surface area contributed by atoms with Gasteiger partial charge in [0.2, 0.25) is 5.91 Å². The first-order chi connectivity index (χ1) is 11.3. The predicted octanol–water partition coefficient (Wildman–Crippen LogP) is 3.85. The van der Waals surface area contributed by atoms with Crippen LogP contribution in [-0.4, -0.2) is 23.8 Å². The number of hydrogen-bond donors (Lipinski definition) is 1. The van der Waals surface area contributed by atoms with Crippen LogP contribution in [0.2, 0.25) is 5.02 Å². The zero-order valence-electron chi connectivity index (χ0n) is 13.1. The summed E-state index contributed by atoms with van der Waals surface area (Å²) in [5.41, 5.74) is 1.10. The molecule has 0 bridgehead atoms. The van der Waals surface area contributed by atoms with Crippen LogP contribution in [0.1, 0.15) is 22.8 Å². The van der Waals surface area contributed by atoms with Gasteiger partial charge in [0, 0.05) is 26.2 Å². The number of halogens is 3. The van der Waals surface area contributed by atoms with Gasteiger partial charge in [0.25, 0.3) is 5.91 Å². The number of rotatable bonds is 4. The minimum atomic E-state index is -1.15. The number of nitrogens with zero attached hydrogens (tertiary/aromatic N) is 1. The van der Waals surface area contributed by atoms with Gasteiger partial charge in [-0.15, -0.1) is 0 Å². The van der Waals surface area contributed by atoms with Crippen LogP contribution in [0.3, 0.4) is 0 Å². The van der Waals surface area contributed by atoms with Crippen molar-refractivity contribution in [1.82, 2.24) is 4.90 Å². The first kappa shape index (κ1) is 17.9. The molecule has 0 aromatic heterocycles. The number of carbonyl (C=O) groups is 2. The smallest absolute Gasteiger partial charge is 0.257 e. The van der Waals surface area contributed by atoms with Gasteiger partial charge in [-0.25, -0.2) is 8.78 Å². The average Bonchev–Trinajstić information content (AvgIpc) is 2.51. The second-order valence-electron chi connectivity index (χ2n) is 5.28. The van der Waals surface area contributed by atoms with Crippen molar-refractivity contribution in [3.05, 3.63) is 64.2 Å². The van der Waals surface area contributed by atoms with Gasteiger partial charge in [-0.3, -0.25) is 9.59 Å². The predicted molar refractivity (Wildman–Crippen MR) is 87.9 cm³/mol. The van der Waals surface area contributed by atoms with Crippen LogP contribution in [0, 0.1) is 11.6 Å². The zero-order valence-corrected chi connectivity index (χ0v) is 13.8. The molecule has 0 saturated carbocycles. The van der Waals surface area contributed by atoms with Crippen LogP contribution in [-0.2, 0) is 11.3 Å². The summed E-state index contributed by atoms with van der Waals surface area (Å²) in [6.07, 6.45) is 0. The minimum absolute atomic E-state index is 0.0852. The van der Waals surface area contributed by atoms with Gasteiger partial charge < -0.3 is 10.2 Å². The molecule has 2 amide bonds. The van der Waals surface area contributed by atoms with E-state index in [9.17, 15) is 18.4 Å². The Balaban J connectivity index is 2.18. The lowest BCUT2D eigenvalue weighted by Crippen LogP contribution is -2.23. The van der Waals surface area contributed by atoms with Gasteiger partial charge in [0.1, 0.15) is 0 Å². The van der Waals surface area contributed by atoms with E-state index in [4.69, 9.17) is 11.6 Å². The highest BCUT2D eigenvalue weighted by atomic mass is 35.5. The molecule has 1 N–H and O–H groups in total. The Morgan fingerprint density at radius 3 is 2.50 bits per heavy atom. The molecular weight excluding hydrogens is 338 g/mol. The molecular formula is C17H15ClF2N2O2. The largest absolute Gasteiger partial charge is 0.342 e. The quantitative estimate of drug-likeness (QED) is 0.850. The fraction of sp³-hybridized carbons (Fsp3) is 0.176. The SMILES string of the molecule is CC(=O)N(C)Cc1cccc(NC(=O)c2cc(F)c(F)cc2Cl)c1. The van der Waals surface area contributed by atoms with Crippen molar-refractivity contribution in [3.8, 4) is 0 Å². The van der Waals surface area contributed by atoms with Crippen LogP contribution in [0.4, 0.5) is 14.5 Å². The highest BCUT2D eigenvalue weighted by Crippen LogP contribution is 2.22. The van der Waals surface area contributed by atoms with Crippen LogP contribution in [0.15, 0.2) is 36.4 Å². The van der Waals surface area contributed by atoms with Crippen LogP contribution < -0.4 is 5.32 Å². The Morgan fingerprint density at radius 2 is 1.83 bits per heavy atom. The van der Waals surface area contributed by atoms with Gasteiger partial charge >= 0.3 is 0 Å². The number of nitrogens with one attached hydrogen (secondary N) is 1. The fourth-order valence-corrected chi connectivity index (χ4v) is 2.26. The van der Waals surface area contributed by atoms with E-state index in [1.165, 1.54) is 11.8 Å².